The van der Waals surface area contributed by atoms with Crippen molar-refractivity contribution in [2.75, 3.05) is 11.4 Å². The van der Waals surface area contributed by atoms with Gasteiger partial charge in [0, 0.05) is 13.0 Å². The van der Waals surface area contributed by atoms with Gasteiger partial charge in [0.15, 0.2) is 0 Å². The lowest BCUT2D eigenvalue weighted by molar-refractivity contribution is -0.123. The van der Waals surface area contributed by atoms with Gasteiger partial charge in [0.05, 0.1) is 17.2 Å². The largest absolute Gasteiger partial charge is 0.478 e. The molecule has 0 aromatic heterocycles. The number of carbonyl (C=O) groups excluding carboxylic acids is 2. The standard InChI is InChI=1S/C13H14N2O4/c1-7-2-3-9(13(18)19)10(4-7)15-6-8(12(14)17)5-11(15)16/h2-4,8H,5-6H2,1H3,(H2,14,17)(H,18,19). The summed E-state index contributed by atoms with van der Waals surface area (Å²) < 4.78 is 0. The normalized spacial score (nSPS) is 18.7. The fourth-order valence-electron chi connectivity index (χ4n) is 2.18. The molecule has 1 unspecified atom stereocenters. The highest BCUT2D eigenvalue weighted by Gasteiger charge is 2.35. The minimum atomic E-state index is -1.11. The predicted molar refractivity (Wildman–Crippen MR) is 67.8 cm³/mol. The van der Waals surface area contributed by atoms with Crippen LogP contribution in [0.4, 0.5) is 5.69 Å². The summed E-state index contributed by atoms with van der Waals surface area (Å²) in [5, 5.41) is 9.15. The van der Waals surface area contributed by atoms with Crippen LogP contribution in [0.3, 0.4) is 0 Å². The molecule has 2 rings (SSSR count). The molecule has 1 fully saturated rings. The van der Waals surface area contributed by atoms with E-state index >= 15 is 0 Å². The summed E-state index contributed by atoms with van der Waals surface area (Å²) in [4.78, 5) is 35.5. The number of anilines is 1. The molecule has 0 radical (unpaired) electrons. The molecule has 1 heterocycles. The van der Waals surface area contributed by atoms with Gasteiger partial charge in [-0.25, -0.2) is 4.79 Å². The highest BCUT2D eigenvalue weighted by molar-refractivity contribution is 6.05. The van der Waals surface area contributed by atoms with Crippen LogP contribution in [-0.4, -0.2) is 29.4 Å². The summed E-state index contributed by atoms with van der Waals surface area (Å²) in [6.45, 7) is 1.94. The molecule has 1 aromatic rings. The minimum absolute atomic E-state index is 0.0301. The van der Waals surface area contributed by atoms with E-state index < -0.39 is 17.8 Å². The van der Waals surface area contributed by atoms with Gasteiger partial charge >= 0.3 is 5.97 Å². The summed E-state index contributed by atoms with van der Waals surface area (Å²) in [6, 6.07) is 4.75. The van der Waals surface area contributed by atoms with Gasteiger partial charge in [-0.3, -0.25) is 9.59 Å². The number of hydrogen-bond donors (Lipinski definition) is 2. The van der Waals surface area contributed by atoms with Gasteiger partial charge in [-0.2, -0.15) is 0 Å². The van der Waals surface area contributed by atoms with Crippen molar-refractivity contribution in [1.29, 1.82) is 0 Å². The SMILES string of the molecule is Cc1ccc(C(=O)O)c(N2CC(C(N)=O)CC2=O)c1. The zero-order valence-corrected chi connectivity index (χ0v) is 10.4. The number of carboxylic acids is 1. The van der Waals surface area contributed by atoms with E-state index in [2.05, 4.69) is 0 Å². The zero-order valence-electron chi connectivity index (χ0n) is 10.4. The number of benzene rings is 1. The number of primary amides is 1. The van der Waals surface area contributed by atoms with Crippen molar-refractivity contribution in [2.45, 2.75) is 13.3 Å². The van der Waals surface area contributed by atoms with E-state index in [1.807, 2.05) is 0 Å². The molecule has 1 aliphatic rings. The Labute approximate surface area is 109 Å². The fourth-order valence-corrected chi connectivity index (χ4v) is 2.18. The fraction of sp³-hybridized carbons (Fsp3) is 0.308. The number of carboxylic acid groups (broad SMARTS) is 1. The number of amides is 2. The molecule has 0 spiro atoms. The number of carbonyl (C=O) groups is 3. The Bertz CT molecular complexity index is 568. The molecular weight excluding hydrogens is 248 g/mol. The van der Waals surface area contributed by atoms with Crippen LogP contribution >= 0.6 is 0 Å². The second-order valence-corrected chi connectivity index (χ2v) is 4.63. The van der Waals surface area contributed by atoms with Crippen LogP contribution in [0.2, 0.25) is 0 Å². The molecular formula is C13H14N2O4. The summed E-state index contributed by atoms with van der Waals surface area (Å²) in [6.07, 6.45) is 0.0301. The lowest BCUT2D eigenvalue weighted by Gasteiger charge is -2.19. The van der Waals surface area contributed by atoms with Crippen molar-refractivity contribution in [2.24, 2.45) is 11.7 Å². The molecule has 1 aliphatic heterocycles. The van der Waals surface area contributed by atoms with Crippen LogP contribution < -0.4 is 10.6 Å². The Kier molecular flexibility index (Phi) is 3.25. The molecule has 1 atom stereocenters. The predicted octanol–water partition coefficient (Wildman–Crippen LogP) is 0.531. The molecule has 100 valence electrons. The molecule has 1 aromatic carbocycles. The van der Waals surface area contributed by atoms with E-state index in [1.165, 1.54) is 11.0 Å². The van der Waals surface area contributed by atoms with Gasteiger partial charge in [0.1, 0.15) is 0 Å². The van der Waals surface area contributed by atoms with Gasteiger partial charge in [-0.05, 0) is 24.6 Å². The molecule has 6 nitrogen and oxygen atoms in total. The van der Waals surface area contributed by atoms with E-state index in [4.69, 9.17) is 10.8 Å². The van der Waals surface area contributed by atoms with Crippen LogP contribution in [0.5, 0.6) is 0 Å². The van der Waals surface area contributed by atoms with Crippen molar-refractivity contribution in [3.8, 4) is 0 Å². The quantitative estimate of drug-likeness (QED) is 0.829. The zero-order chi connectivity index (χ0) is 14.2. The summed E-state index contributed by atoms with van der Waals surface area (Å²) in [5.74, 6) is -2.49. The molecule has 6 heteroatoms. The Morgan fingerprint density at radius 2 is 2.11 bits per heavy atom. The van der Waals surface area contributed by atoms with Gasteiger partial charge in [-0.1, -0.05) is 6.07 Å². The lowest BCUT2D eigenvalue weighted by Crippen LogP contribution is -2.29. The average molecular weight is 262 g/mol. The number of nitrogens with zero attached hydrogens (tertiary/aromatic N) is 1. The third-order valence-corrected chi connectivity index (χ3v) is 3.20. The topological polar surface area (TPSA) is 101 Å². The first-order valence-electron chi connectivity index (χ1n) is 5.83. The second-order valence-electron chi connectivity index (χ2n) is 4.63. The first-order chi connectivity index (χ1) is 8.90. The van der Waals surface area contributed by atoms with Crippen molar-refractivity contribution in [3.63, 3.8) is 0 Å². The molecule has 1 saturated heterocycles. The number of aromatic carboxylic acids is 1. The first-order valence-corrected chi connectivity index (χ1v) is 5.83. The van der Waals surface area contributed by atoms with E-state index in [9.17, 15) is 14.4 Å². The Morgan fingerprint density at radius 3 is 2.63 bits per heavy atom. The second kappa shape index (κ2) is 4.72. The van der Waals surface area contributed by atoms with Gasteiger partial charge in [0.2, 0.25) is 11.8 Å². The Hall–Kier alpha value is -2.37. The number of hydrogen-bond acceptors (Lipinski definition) is 3. The third kappa shape index (κ3) is 2.42. The number of aryl methyl sites for hydroxylation is 1. The van der Waals surface area contributed by atoms with Gasteiger partial charge in [-0.15, -0.1) is 0 Å². The molecule has 0 bridgehead atoms. The van der Waals surface area contributed by atoms with Gasteiger partial charge in [0.25, 0.3) is 0 Å². The lowest BCUT2D eigenvalue weighted by atomic mass is 10.1. The Morgan fingerprint density at radius 1 is 1.42 bits per heavy atom. The van der Waals surface area contributed by atoms with E-state index in [1.54, 1.807) is 19.1 Å². The highest BCUT2D eigenvalue weighted by atomic mass is 16.4. The minimum Gasteiger partial charge on any atom is -0.478 e. The van der Waals surface area contributed by atoms with E-state index in [0.29, 0.717) is 5.69 Å². The van der Waals surface area contributed by atoms with Crippen LogP contribution in [0.25, 0.3) is 0 Å². The molecule has 2 amide bonds. The van der Waals surface area contributed by atoms with E-state index in [0.717, 1.165) is 5.56 Å². The maximum Gasteiger partial charge on any atom is 0.337 e. The highest BCUT2D eigenvalue weighted by Crippen LogP contribution is 2.29. The first kappa shape index (κ1) is 13.1. The monoisotopic (exact) mass is 262 g/mol. The van der Waals surface area contributed by atoms with Crippen molar-refractivity contribution in [3.05, 3.63) is 29.3 Å². The maximum absolute atomic E-state index is 11.9. The summed E-state index contributed by atoms with van der Waals surface area (Å²) >= 11 is 0. The summed E-state index contributed by atoms with van der Waals surface area (Å²) in [5.41, 5.74) is 6.40. The third-order valence-electron chi connectivity index (χ3n) is 3.20. The smallest absolute Gasteiger partial charge is 0.337 e. The molecule has 19 heavy (non-hydrogen) atoms. The van der Waals surface area contributed by atoms with Crippen molar-refractivity contribution >= 4 is 23.5 Å². The van der Waals surface area contributed by atoms with Crippen LogP contribution in [0.15, 0.2) is 18.2 Å². The number of nitrogens with two attached hydrogens (primary N) is 1. The van der Waals surface area contributed by atoms with Gasteiger partial charge < -0.3 is 15.7 Å². The van der Waals surface area contributed by atoms with Crippen LogP contribution in [0, 0.1) is 12.8 Å². The van der Waals surface area contributed by atoms with Crippen molar-refractivity contribution in [1.82, 2.24) is 0 Å². The van der Waals surface area contributed by atoms with Crippen LogP contribution in [0.1, 0.15) is 22.3 Å². The molecule has 0 saturated carbocycles. The Balaban J connectivity index is 2.42. The van der Waals surface area contributed by atoms with Crippen LogP contribution in [-0.2, 0) is 9.59 Å². The van der Waals surface area contributed by atoms with E-state index in [-0.39, 0.29) is 24.4 Å². The number of rotatable bonds is 3. The summed E-state index contributed by atoms with van der Waals surface area (Å²) in [7, 11) is 0. The van der Waals surface area contributed by atoms with Crippen molar-refractivity contribution < 1.29 is 19.5 Å². The molecule has 3 N–H and O–H groups in total. The average Bonchev–Trinajstić information content (AvgIpc) is 2.71. The maximum atomic E-state index is 11.9. The molecule has 0 aliphatic carbocycles.